The number of hydrogen-bond donors (Lipinski definition) is 2. The summed E-state index contributed by atoms with van der Waals surface area (Å²) in [6.45, 7) is 0.619. The number of carbonyl (C=O) groups excluding carboxylic acids is 3. The quantitative estimate of drug-likeness (QED) is 0.245. The number of ether oxygens (including phenoxy) is 1. The van der Waals surface area contributed by atoms with Crippen LogP contribution in [0.1, 0.15) is 18.4 Å². The van der Waals surface area contributed by atoms with Crippen molar-refractivity contribution in [2.75, 3.05) is 30.9 Å². The van der Waals surface area contributed by atoms with Gasteiger partial charge >= 0.3 is 0 Å². The number of halogens is 1. The van der Waals surface area contributed by atoms with Gasteiger partial charge in [0.05, 0.1) is 0 Å². The fourth-order valence-corrected chi connectivity index (χ4v) is 4.89. The number of methoxy groups -OCH3 is 1. The molecule has 0 bridgehead atoms. The normalized spacial score (nSPS) is 13.3. The van der Waals surface area contributed by atoms with Gasteiger partial charge in [-0.15, -0.1) is 0 Å². The first-order chi connectivity index (χ1) is 18.4. The lowest BCUT2D eigenvalue weighted by Crippen LogP contribution is -2.33. The van der Waals surface area contributed by atoms with E-state index in [0.717, 1.165) is 17.3 Å². The minimum atomic E-state index is -0.455. The maximum atomic E-state index is 13.4. The van der Waals surface area contributed by atoms with Crippen molar-refractivity contribution in [3.05, 3.63) is 101 Å². The smallest absolute Gasteiger partial charge is 0.278 e. The molecular formula is C29H28FN3O4S. The number of nitrogens with one attached hydrogen (secondary N) is 2. The van der Waals surface area contributed by atoms with E-state index in [9.17, 15) is 18.8 Å². The number of rotatable bonds is 12. The van der Waals surface area contributed by atoms with Crippen LogP contribution in [0, 0.1) is 5.82 Å². The molecule has 3 aromatic carbocycles. The second-order valence-electron chi connectivity index (χ2n) is 8.61. The Balaban J connectivity index is 1.50. The molecule has 3 amide bonds. The zero-order valence-corrected chi connectivity index (χ0v) is 21.7. The van der Waals surface area contributed by atoms with Crippen LogP contribution in [0.25, 0.3) is 0 Å². The van der Waals surface area contributed by atoms with Crippen LogP contribution < -0.4 is 10.6 Å². The number of aryl methyl sites for hydroxylation is 1. The number of amides is 3. The number of benzene rings is 3. The maximum Gasteiger partial charge on any atom is 0.278 e. The molecule has 3 aromatic rings. The Kier molecular flexibility index (Phi) is 9.29. The molecule has 0 aliphatic carbocycles. The van der Waals surface area contributed by atoms with Gasteiger partial charge in [-0.25, -0.2) is 4.39 Å². The van der Waals surface area contributed by atoms with E-state index in [-0.39, 0.29) is 23.1 Å². The van der Waals surface area contributed by atoms with Crippen LogP contribution in [0.15, 0.2) is 94.4 Å². The molecule has 0 fully saturated rings. The highest BCUT2D eigenvalue weighted by Gasteiger charge is 2.38. The van der Waals surface area contributed by atoms with Crippen molar-refractivity contribution in [2.45, 2.75) is 24.2 Å². The van der Waals surface area contributed by atoms with Crippen molar-refractivity contribution >= 4 is 40.9 Å². The van der Waals surface area contributed by atoms with Gasteiger partial charge in [0.15, 0.2) is 0 Å². The van der Waals surface area contributed by atoms with Crippen LogP contribution in [0.5, 0.6) is 0 Å². The standard InChI is InChI=1S/C29H28FN3O4S/c1-37-18-6-17-33-28(35)26(32-22-14-12-21(30)13-15-22)27(29(33)36)38-24-10-5-9-23(19-24)31-25(34)16-11-20-7-3-2-4-8-20/h2-5,7-10,12-15,19,32H,6,11,16-18H2,1H3,(H,31,34). The van der Waals surface area contributed by atoms with Crippen molar-refractivity contribution in [1.82, 2.24) is 4.90 Å². The summed E-state index contributed by atoms with van der Waals surface area (Å²) in [6.07, 6.45) is 1.46. The highest BCUT2D eigenvalue weighted by atomic mass is 32.2. The van der Waals surface area contributed by atoms with E-state index in [1.807, 2.05) is 30.3 Å². The summed E-state index contributed by atoms with van der Waals surface area (Å²) < 4.78 is 18.4. The third-order valence-corrected chi connectivity index (χ3v) is 6.86. The van der Waals surface area contributed by atoms with Crippen LogP contribution in [0.3, 0.4) is 0 Å². The molecule has 38 heavy (non-hydrogen) atoms. The molecule has 2 N–H and O–H groups in total. The van der Waals surface area contributed by atoms with E-state index < -0.39 is 17.6 Å². The highest BCUT2D eigenvalue weighted by Crippen LogP contribution is 2.36. The van der Waals surface area contributed by atoms with Gasteiger partial charge in [0.2, 0.25) is 5.91 Å². The lowest BCUT2D eigenvalue weighted by atomic mass is 10.1. The summed E-state index contributed by atoms with van der Waals surface area (Å²) in [7, 11) is 1.56. The summed E-state index contributed by atoms with van der Waals surface area (Å²) >= 11 is 1.14. The second-order valence-corrected chi connectivity index (χ2v) is 9.69. The van der Waals surface area contributed by atoms with Crippen molar-refractivity contribution < 1.29 is 23.5 Å². The SMILES string of the molecule is COCCCN1C(=O)C(Nc2ccc(F)cc2)=C(Sc2cccc(NC(=O)CCc3ccccc3)c2)C1=O. The summed E-state index contributed by atoms with van der Waals surface area (Å²) in [4.78, 5) is 41.0. The molecule has 0 saturated carbocycles. The molecule has 0 atom stereocenters. The predicted octanol–water partition coefficient (Wildman–Crippen LogP) is 5.22. The first-order valence-corrected chi connectivity index (χ1v) is 13.0. The Morgan fingerprint density at radius 2 is 1.71 bits per heavy atom. The van der Waals surface area contributed by atoms with Gasteiger partial charge in [-0.1, -0.05) is 48.2 Å². The summed E-state index contributed by atoms with van der Waals surface area (Å²) in [5.41, 5.74) is 2.29. The van der Waals surface area contributed by atoms with Gasteiger partial charge in [-0.2, -0.15) is 0 Å². The Bertz CT molecular complexity index is 1330. The van der Waals surface area contributed by atoms with Gasteiger partial charge in [0.1, 0.15) is 16.4 Å². The van der Waals surface area contributed by atoms with Crippen LogP contribution in [0.4, 0.5) is 15.8 Å². The number of thioether (sulfide) groups is 1. The average molecular weight is 534 g/mol. The third-order valence-electron chi connectivity index (χ3n) is 5.79. The fourth-order valence-electron chi connectivity index (χ4n) is 3.89. The van der Waals surface area contributed by atoms with E-state index in [1.54, 1.807) is 31.4 Å². The van der Waals surface area contributed by atoms with Crippen LogP contribution >= 0.6 is 11.8 Å². The molecule has 0 radical (unpaired) electrons. The lowest BCUT2D eigenvalue weighted by Gasteiger charge is -2.14. The molecule has 1 heterocycles. The molecular weight excluding hydrogens is 505 g/mol. The fraction of sp³-hybridized carbons (Fsp3) is 0.207. The average Bonchev–Trinajstić information content (AvgIpc) is 3.13. The molecule has 9 heteroatoms. The van der Waals surface area contributed by atoms with Gasteiger partial charge in [-0.05, 0) is 60.9 Å². The van der Waals surface area contributed by atoms with Gasteiger partial charge < -0.3 is 15.4 Å². The zero-order valence-electron chi connectivity index (χ0n) is 20.9. The topological polar surface area (TPSA) is 87.7 Å². The van der Waals surface area contributed by atoms with Crippen LogP contribution in [0.2, 0.25) is 0 Å². The zero-order chi connectivity index (χ0) is 26.9. The first-order valence-electron chi connectivity index (χ1n) is 12.2. The highest BCUT2D eigenvalue weighted by molar-refractivity contribution is 8.04. The Morgan fingerprint density at radius 1 is 0.947 bits per heavy atom. The number of carbonyl (C=O) groups is 3. The molecule has 196 valence electrons. The molecule has 1 aliphatic heterocycles. The van der Waals surface area contributed by atoms with Gasteiger partial charge in [0.25, 0.3) is 11.8 Å². The van der Waals surface area contributed by atoms with Crippen LogP contribution in [-0.2, 0) is 25.5 Å². The summed E-state index contributed by atoms with van der Waals surface area (Å²) in [5, 5.41) is 5.90. The Labute approximate surface area is 225 Å². The minimum Gasteiger partial charge on any atom is -0.385 e. The summed E-state index contributed by atoms with van der Waals surface area (Å²) in [6, 6.07) is 22.4. The molecule has 4 rings (SSSR count). The van der Waals surface area contributed by atoms with E-state index in [1.165, 1.54) is 29.2 Å². The maximum absolute atomic E-state index is 13.4. The Morgan fingerprint density at radius 3 is 2.45 bits per heavy atom. The van der Waals surface area contributed by atoms with Crippen molar-refractivity contribution in [1.29, 1.82) is 0 Å². The third kappa shape index (κ3) is 7.08. The van der Waals surface area contributed by atoms with E-state index in [0.29, 0.717) is 42.1 Å². The number of nitrogens with zero attached hydrogens (tertiary/aromatic N) is 1. The van der Waals surface area contributed by atoms with Crippen LogP contribution in [-0.4, -0.2) is 42.9 Å². The minimum absolute atomic E-state index is 0.120. The second kappa shape index (κ2) is 13.0. The van der Waals surface area contributed by atoms with E-state index >= 15 is 0 Å². The van der Waals surface area contributed by atoms with E-state index in [4.69, 9.17) is 4.74 Å². The molecule has 0 aromatic heterocycles. The number of hydrogen-bond acceptors (Lipinski definition) is 6. The molecule has 7 nitrogen and oxygen atoms in total. The van der Waals surface area contributed by atoms with E-state index in [2.05, 4.69) is 10.6 Å². The van der Waals surface area contributed by atoms with Gasteiger partial charge in [0, 0.05) is 43.0 Å². The Hall–Kier alpha value is -3.95. The van der Waals surface area contributed by atoms with Crippen molar-refractivity contribution in [2.24, 2.45) is 0 Å². The van der Waals surface area contributed by atoms with Crippen molar-refractivity contribution in [3.63, 3.8) is 0 Å². The molecule has 0 spiro atoms. The molecule has 1 aliphatic rings. The predicted molar refractivity (Wildman–Crippen MR) is 146 cm³/mol. The molecule has 0 saturated heterocycles. The molecule has 0 unspecified atom stereocenters. The van der Waals surface area contributed by atoms with Crippen molar-refractivity contribution in [3.8, 4) is 0 Å². The largest absolute Gasteiger partial charge is 0.385 e. The monoisotopic (exact) mass is 533 g/mol. The summed E-state index contributed by atoms with van der Waals surface area (Å²) in [5.74, 6) is -1.40. The van der Waals surface area contributed by atoms with Gasteiger partial charge in [-0.3, -0.25) is 19.3 Å². The number of imide groups is 1. The lowest BCUT2D eigenvalue weighted by molar-refractivity contribution is -0.137. The first kappa shape index (κ1) is 27.1. The number of anilines is 2.